The van der Waals surface area contributed by atoms with E-state index >= 15 is 0 Å². The van der Waals surface area contributed by atoms with E-state index in [0.717, 1.165) is 25.7 Å². The Balaban J connectivity index is 1.81. The molecule has 1 fully saturated rings. The Morgan fingerprint density at radius 1 is 1.18 bits per heavy atom. The van der Waals surface area contributed by atoms with Gasteiger partial charge in [-0.2, -0.15) is 0 Å². The number of benzene rings is 1. The van der Waals surface area contributed by atoms with Gasteiger partial charge in [0.2, 0.25) is 10.0 Å². The molecular weight excluding hydrogens is 380 g/mol. The van der Waals surface area contributed by atoms with Crippen LogP contribution in [0.3, 0.4) is 0 Å². The number of nitrogens with two attached hydrogens (primary N) is 1. The highest BCUT2D eigenvalue weighted by molar-refractivity contribution is 7.89. The SMILES string of the molecule is CCCCC1CCC(C(=O)O[C@@H](C)C(=O)Nc2ccc(S(N)(=O)=O)cc2)CC1. The zero-order chi connectivity index (χ0) is 20.7. The highest BCUT2D eigenvalue weighted by atomic mass is 32.2. The van der Waals surface area contributed by atoms with Crippen LogP contribution in [0.15, 0.2) is 29.2 Å². The van der Waals surface area contributed by atoms with Gasteiger partial charge in [-0.15, -0.1) is 0 Å². The van der Waals surface area contributed by atoms with E-state index < -0.39 is 22.0 Å². The van der Waals surface area contributed by atoms with Crippen LogP contribution in [0.25, 0.3) is 0 Å². The Morgan fingerprint density at radius 2 is 1.79 bits per heavy atom. The lowest BCUT2D eigenvalue weighted by molar-refractivity contribution is -0.158. The summed E-state index contributed by atoms with van der Waals surface area (Å²) in [5, 5.41) is 7.65. The molecule has 1 aliphatic rings. The molecule has 156 valence electrons. The van der Waals surface area contributed by atoms with E-state index in [1.165, 1.54) is 50.5 Å². The van der Waals surface area contributed by atoms with Crippen molar-refractivity contribution in [2.45, 2.75) is 69.8 Å². The van der Waals surface area contributed by atoms with Crippen LogP contribution in [-0.2, 0) is 24.3 Å². The van der Waals surface area contributed by atoms with Gasteiger partial charge < -0.3 is 10.1 Å². The van der Waals surface area contributed by atoms with Gasteiger partial charge in [-0.3, -0.25) is 9.59 Å². The first kappa shape index (κ1) is 22.4. The summed E-state index contributed by atoms with van der Waals surface area (Å²) in [6.45, 7) is 3.71. The molecule has 0 aromatic heterocycles. The summed E-state index contributed by atoms with van der Waals surface area (Å²) in [7, 11) is -3.78. The van der Waals surface area contributed by atoms with Crippen molar-refractivity contribution in [3.05, 3.63) is 24.3 Å². The van der Waals surface area contributed by atoms with Crippen molar-refractivity contribution >= 4 is 27.6 Å². The van der Waals surface area contributed by atoms with Gasteiger partial charge in [-0.1, -0.05) is 26.2 Å². The molecule has 1 aromatic carbocycles. The fourth-order valence-electron chi connectivity index (χ4n) is 3.48. The van der Waals surface area contributed by atoms with Gasteiger partial charge in [0.1, 0.15) is 0 Å². The first-order chi connectivity index (χ1) is 13.2. The molecule has 1 aliphatic carbocycles. The second kappa shape index (κ2) is 10.0. The number of sulfonamides is 1. The minimum absolute atomic E-state index is 0.0421. The van der Waals surface area contributed by atoms with Crippen LogP contribution >= 0.6 is 0 Å². The zero-order valence-corrected chi connectivity index (χ0v) is 17.3. The number of nitrogens with one attached hydrogen (secondary N) is 1. The number of carbonyl (C=O) groups is 2. The Bertz CT molecular complexity index is 768. The fourth-order valence-corrected chi connectivity index (χ4v) is 3.99. The van der Waals surface area contributed by atoms with Gasteiger partial charge in [0.25, 0.3) is 5.91 Å². The smallest absolute Gasteiger partial charge is 0.309 e. The number of hydrogen-bond donors (Lipinski definition) is 2. The summed E-state index contributed by atoms with van der Waals surface area (Å²) in [5.41, 5.74) is 0.400. The van der Waals surface area contributed by atoms with E-state index in [-0.39, 0.29) is 16.8 Å². The van der Waals surface area contributed by atoms with Crippen molar-refractivity contribution in [2.75, 3.05) is 5.32 Å². The van der Waals surface area contributed by atoms with Crippen LogP contribution in [-0.4, -0.2) is 26.4 Å². The molecular formula is C20H30N2O5S. The number of hydrogen-bond acceptors (Lipinski definition) is 5. The Kier molecular flexibility index (Phi) is 8.00. The molecule has 1 aromatic rings. The van der Waals surface area contributed by atoms with Gasteiger partial charge in [0, 0.05) is 5.69 Å². The van der Waals surface area contributed by atoms with Crippen molar-refractivity contribution < 1.29 is 22.7 Å². The molecule has 0 aliphatic heterocycles. The molecule has 2 rings (SSSR count). The maximum absolute atomic E-state index is 12.4. The molecule has 28 heavy (non-hydrogen) atoms. The van der Waals surface area contributed by atoms with Gasteiger partial charge in [0.15, 0.2) is 6.10 Å². The average molecular weight is 411 g/mol. The highest BCUT2D eigenvalue weighted by Gasteiger charge is 2.29. The predicted octanol–water partition coefficient (Wildman–Crippen LogP) is 3.20. The third kappa shape index (κ3) is 6.60. The molecule has 8 heteroatoms. The molecule has 1 amide bonds. The van der Waals surface area contributed by atoms with Crippen molar-refractivity contribution in [2.24, 2.45) is 17.0 Å². The Labute approximate surface area is 167 Å². The zero-order valence-electron chi connectivity index (χ0n) is 16.5. The van der Waals surface area contributed by atoms with E-state index in [0.29, 0.717) is 11.6 Å². The second-order valence-electron chi connectivity index (χ2n) is 7.50. The minimum atomic E-state index is -3.78. The second-order valence-corrected chi connectivity index (χ2v) is 9.06. The van der Waals surface area contributed by atoms with Crippen molar-refractivity contribution in [3.8, 4) is 0 Å². The van der Waals surface area contributed by atoms with Crippen LogP contribution in [0.1, 0.15) is 58.8 Å². The van der Waals surface area contributed by atoms with Crippen molar-refractivity contribution in [1.82, 2.24) is 0 Å². The predicted molar refractivity (Wildman–Crippen MR) is 107 cm³/mol. The van der Waals surface area contributed by atoms with Gasteiger partial charge >= 0.3 is 5.97 Å². The third-order valence-corrected chi connectivity index (χ3v) is 6.19. The Hall–Kier alpha value is -1.93. The maximum Gasteiger partial charge on any atom is 0.309 e. The maximum atomic E-state index is 12.4. The number of primary sulfonamides is 1. The van der Waals surface area contributed by atoms with Crippen molar-refractivity contribution in [1.29, 1.82) is 0 Å². The lowest BCUT2D eigenvalue weighted by Crippen LogP contribution is -2.33. The van der Waals surface area contributed by atoms with Gasteiger partial charge in [-0.25, -0.2) is 13.6 Å². The summed E-state index contributed by atoms with van der Waals surface area (Å²) in [4.78, 5) is 24.6. The van der Waals surface area contributed by atoms with Crippen LogP contribution in [0.4, 0.5) is 5.69 Å². The molecule has 0 heterocycles. The molecule has 3 N–H and O–H groups in total. The number of esters is 1. The topological polar surface area (TPSA) is 116 Å². The molecule has 1 atom stereocenters. The molecule has 0 spiro atoms. The molecule has 0 bridgehead atoms. The lowest BCUT2D eigenvalue weighted by atomic mass is 9.80. The number of amides is 1. The number of carbonyl (C=O) groups excluding carboxylic acids is 2. The monoisotopic (exact) mass is 410 g/mol. The summed E-state index contributed by atoms with van der Waals surface area (Å²) in [6.07, 6.45) is 6.43. The van der Waals surface area contributed by atoms with Gasteiger partial charge in [0.05, 0.1) is 10.8 Å². The van der Waals surface area contributed by atoms with E-state index in [9.17, 15) is 18.0 Å². The average Bonchev–Trinajstić information content (AvgIpc) is 2.66. The van der Waals surface area contributed by atoms with Crippen LogP contribution in [0.2, 0.25) is 0 Å². The van der Waals surface area contributed by atoms with E-state index in [2.05, 4.69) is 12.2 Å². The normalized spacial score (nSPS) is 21.0. The van der Waals surface area contributed by atoms with Gasteiger partial charge in [-0.05, 0) is 62.8 Å². The first-order valence-corrected chi connectivity index (χ1v) is 11.4. The van der Waals surface area contributed by atoms with E-state index in [4.69, 9.17) is 9.88 Å². The van der Waals surface area contributed by atoms with Crippen LogP contribution in [0, 0.1) is 11.8 Å². The highest BCUT2D eigenvalue weighted by Crippen LogP contribution is 2.32. The van der Waals surface area contributed by atoms with E-state index in [1.54, 1.807) is 0 Å². The van der Waals surface area contributed by atoms with E-state index in [1.807, 2.05) is 0 Å². The number of ether oxygens (including phenoxy) is 1. The number of anilines is 1. The summed E-state index contributed by atoms with van der Waals surface area (Å²) < 4.78 is 27.9. The molecule has 1 saturated carbocycles. The van der Waals surface area contributed by atoms with Crippen LogP contribution < -0.4 is 10.5 Å². The molecule has 0 unspecified atom stereocenters. The molecule has 7 nitrogen and oxygen atoms in total. The fraction of sp³-hybridized carbons (Fsp3) is 0.600. The number of rotatable bonds is 8. The summed E-state index contributed by atoms with van der Waals surface area (Å²) >= 11 is 0. The minimum Gasteiger partial charge on any atom is -0.452 e. The Morgan fingerprint density at radius 3 is 2.32 bits per heavy atom. The molecule has 0 radical (unpaired) electrons. The lowest BCUT2D eigenvalue weighted by Gasteiger charge is -2.28. The largest absolute Gasteiger partial charge is 0.452 e. The third-order valence-electron chi connectivity index (χ3n) is 5.26. The quantitative estimate of drug-likeness (QED) is 0.639. The summed E-state index contributed by atoms with van der Waals surface area (Å²) in [5.74, 6) is -0.221. The van der Waals surface area contributed by atoms with Crippen LogP contribution in [0.5, 0.6) is 0 Å². The number of unbranched alkanes of at least 4 members (excludes halogenated alkanes) is 1. The van der Waals surface area contributed by atoms with Crippen molar-refractivity contribution in [3.63, 3.8) is 0 Å². The summed E-state index contributed by atoms with van der Waals surface area (Å²) in [6, 6.07) is 5.48. The first-order valence-electron chi connectivity index (χ1n) is 9.85. The standard InChI is InChI=1S/C20H30N2O5S/c1-3-4-5-15-6-8-16(9-7-15)20(24)27-14(2)19(23)22-17-10-12-18(13-11-17)28(21,25)26/h10-16H,3-9H2,1-2H3,(H,22,23)(H2,21,25,26)/t14-,15?,16?/m0/s1. The molecule has 0 saturated heterocycles.